The van der Waals surface area contributed by atoms with Gasteiger partial charge < -0.3 is 5.73 Å². The number of nitrogens with zero attached hydrogens (tertiary/aromatic N) is 1. The van der Waals surface area contributed by atoms with Crippen LogP contribution in [0.15, 0.2) is 66.5 Å². The first-order valence-electron chi connectivity index (χ1n) is 11.8. The van der Waals surface area contributed by atoms with Gasteiger partial charge in [-0.25, -0.2) is 0 Å². The molecule has 0 bridgehead atoms. The molecule has 3 fully saturated rings. The molecule has 0 aromatic heterocycles. The maximum Gasteiger partial charge on any atom is 0.0830 e. The number of hydrogen-bond acceptors (Lipinski definition) is 3. The normalized spacial score (nSPS) is 37.8. The molecule has 0 radical (unpaired) electrons. The van der Waals surface area contributed by atoms with Gasteiger partial charge in [0.15, 0.2) is 0 Å². The molecule has 0 amide bonds. The summed E-state index contributed by atoms with van der Waals surface area (Å²) in [5, 5.41) is 4.49. The first kappa shape index (κ1) is 22.8. The van der Waals surface area contributed by atoms with Crippen LogP contribution < -0.4 is 11.2 Å². The molecule has 30 heavy (non-hydrogen) atoms. The Morgan fingerprint density at radius 3 is 2.57 bits per heavy atom. The molecule has 6 atom stereocenters. The largest absolute Gasteiger partial charge is 0.325 e. The van der Waals surface area contributed by atoms with Crippen molar-refractivity contribution in [2.75, 3.05) is 6.54 Å². The lowest BCUT2D eigenvalue weighted by Gasteiger charge is -2.54. The second-order valence-corrected chi connectivity index (χ2v) is 9.65. The van der Waals surface area contributed by atoms with Gasteiger partial charge in [-0.05, 0) is 86.7 Å². The number of hydrazone groups is 1. The van der Waals surface area contributed by atoms with Crippen molar-refractivity contribution in [2.45, 2.75) is 58.8 Å². The lowest BCUT2D eigenvalue weighted by molar-refractivity contribution is 0.0237. The fourth-order valence-electron chi connectivity index (χ4n) is 6.89. The minimum Gasteiger partial charge on any atom is -0.325 e. The highest BCUT2D eigenvalue weighted by Gasteiger charge is 2.53. The van der Waals surface area contributed by atoms with Crippen LogP contribution in [-0.2, 0) is 0 Å². The third-order valence-electron chi connectivity index (χ3n) is 8.46. The van der Waals surface area contributed by atoms with E-state index in [-0.39, 0.29) is 5.41 Å². The van der Waals surface area contributed by atoms with Crippen molar-refractivity contribution in [2.24, 2.45) is 45.8 Å². The van der Waals surface area contributed by atoms with Crippen LogP contribution in [0.5, 0.6) is 0 Å². The molecule has 0 spiro atoms. The standard InChI is InChI=1S/C25H37N3.C2H4/c1-5-16(2)20-8-9-22-21(20)10-11-24-23(22)7-6-18-14-19(12-13-25(18,24)4)28-27-17(3)15-26;1-2/h12-14,20-24,27H,2-3,5-11,15,26H2,1,4H3;1-2H2/b28-19+;/t20?,21-,22?,23?,24?,25?;/m1./s1. The van der Waals surface area contributed by atoms with Crippen LogP contribution in [0.3, 0.4) is 0 Å². The highest BCUT2D eigenvalue weighted by Crippen LogP contribution is 2.62. The van der Waals surface area contributed by atoms with Crippen molar-refractivity contribution in [3.8, 4) is 0 Å². The van der Waals surface area contributed by atoms with E-state index in [1.165, 1.54) is 44.1 Å². The minimum absolute atomic E-state index is 0.206. The Morgan fingerprint density at radius 1 is 1.13 bits per heavy atom. The number of fused-ring (bicyclic) bond motifs is 5. The molecule has 3 N–H and O–H groups in total. The van der Waals surface area contributed by atoms with E-state index in [9.17, 15) is 0 Å². The molecule has 3 saturated carbocycles. The number of nitrogens with one attached hydrogen (secondary N) is 1. The Kier molecular flexibility index (Phi) is 7.23. The van der Waals surface area contributed by atoms with Gasteiger partial charge in [-0.3, -0.25) is 5.43 Å². The summed E-state index contributed by atoms with van der Waals surface area (Å²) in [4.78, 5) is 0. The van der Waals surface area contributed by atoms with E-state index in [0.717, 1.165) is 47.4 Å². The Labute approximate surface area is 184 Å². The van der Waals surface area contributed by atoms with Gasteiger partial charge in [-0.15, -0.1) is 13.2 Å². The maximum absolute atomic E-state index is 5.60. The summed E-state index contributed by atoms with van der Waals surface area (Å²) in [5.74, 6) is 4.28. The van der Waals surface area contributed by atoms with Crippen molar-refractivity contribution in [1.29, 1.82) is 0 Å². The molecule has 0 aromatic carbocycles. The van der Waals surface area contributed by atoms with Gasteiger partial charge in [-0.2, -0.15) is 5.10 Å². The van der Waals surface area contributed by atoms with Crippen molar-refractivity contribution < 1.29 is 0 Å². The third-order valence-corrected chi connectivity index (χ3v) is 8.46. The summed E-state index contributed by atoms with van der Waals surface area (Å²) in [6.45, 7) is 19.5. The van der Waals surface area contributed by atoms with E-state index in [4.69, 9.17) is 5.73 Å². The number of hydrogen-bond donors (Lipinski definition) is 2. The molecule has 164 valence electrons. The second-order valence-electron chi connectivity index (χ2n) is 9.65. The van der Waals surface area contributed by atoms with E-state index in [0.29, 0.717) is 6.54 Å². The van der Waals surface area contributed by atoms with Gasteiger partial charge in [0.2, 0.25) is 0 Å². The molecule has 0 heterocycles. The van der Waals surface area contributed by atoms with Crippen molar-refractivity contribution in [3.63, 3.8) is 0 Å². The lowest BCUT2D eigenvalue weighted by atomic mass is 9.51. The first-order chi connectivity index (χ1) is 14.5. The smallest absolute Gasteiger partial charge is 0.0830 e. The molecule has 0 aromatic rings. The van der Waals surface area contributed by atoms with Gasteiger partial charge in [0.05, 0.1) is 5.71 Å². The fraction of sp³-hybridized carbons (Fsp3) is 0.593. The van der Waals surface area contributed by atoms with Gasteiger partial charge in [0.1, 0.15) is 0 Å². The Hall–Kier alpha value is -1.87. The van der Waals surface area contributed by atoms with Gasteiger partial charge in [0, 0.05) is 17.7 Å². The van der Waals surface area contributed by atoms with Gasteiger partial charge in [0.25, 0.3) is 0 Å². The summed E-state index contributed by atoms with van der Waals surface area (Å²) in [5.41, 5.74) is 13.6. The Morgan fingerprint density at radius 2 is 1.87 bits per heavy atom. The average molecular weight is 408 g/mol. The topological polar surface area (TPSA) is 50.4 Å². The molecule has 3 nitrogen and oxygen atoms in total. The quantitative estimate of drug-likeness (QED) is 0.425. The minimum atomic E-state index is 0.206. The molecular weight excluding hydrogens is 366 g/mol. The molecule has 3 heteroatoms. The van der Waals surface area contributed by atoms with Crippen LogP contribution in [0.25, 0.3) is 0 Å². The summed E-state index contributed by atoms with van der Waals surface area (Å²) in [6, 6.07) is 0. The molecule has 4 rings (SSSR count). The monoisotopic (exact) mass is 407 g/mol. The zero-order chi connectivity index (χ0) is 21.9. The van der Waals surface area contributed by atoms with Crippen LogP contribution in [-0.4, -0.2) is 12.3 Å². The lowest BCUT2D eigenvalue weighted by Crippen LogP contribution is -2.46. The van der Waals surface area contributed by atoms with Crippen LogP contribution in [0.4, 0.5) is 0 Å². The summed E-state index contributed by atoms with van der Waals surface area (Å²) in [7, 11) is 0. The van der Waals surface area contributed by atoms with Crippen LogP contribution in [0, 0.1) is 35.0 Å². The number of rotatable bonds is 5. The van der Waals surface area contributed by atoms with Crippen molar-refractivity contribution in [3.05, 3.63) is 61.4 Å². The maximum atomic E-state index is 5.60. The second kappa shape index (κ2) is 9.51. The van der Waals surface area contributed by atoms with E-state index < -0.39 is 0 Å². The number of allylic oxidation sites excluding steroid dienone is 5. The summed E-state index contributed by atoms with van der Waals surface area (Å²) in [6.07, 6.45) is 16.2. The average Bonchev–Trinajstić information content (AvgIpc) is 3.22. The molecular formula is C27H41N3. The molecule has 5 unspecified atom stereocenters. The molecule has 4 aliphatic carbocycles. The van der Waals surface area contributed by atoms with E-state index in [1.54, 1.807) is 5.57 Å². The van der Waals surface area contributed by atoms with Crippen LogP contribution >= 0.6 is 0 Å². The van der Waals surface area contributed by atoms with Crippen molar-refractivity contribution >= 4 is 5.71 Å². The zero-order valence-corrected chi connectivity index (χ0v) is 19.1. The Balaban J connectivity index is 0.00000124. The SMILES string of the molecule is C=C.C=C(CN)N/N=C1\C=CC2(C)C(=C1)CCC1C3CCC(C(=C)CC)[C@H]3CCC12. The number of nitrogens with two attached hydrogens (primary N) is 1. The van der Waals surface area contributed by atoms with Crippen LogP contribution in [0.1, 0.15) is 58.8 Å². The van der Waals surface area contributed by atoms with Crippen LogP contribution in [0.2, 0.25) is 0 Å². The first-order valence-corrected chi connectivity index (χ1v) is 11.8. The fourth-order valence-corrected chi connectivity index (χ4v) is 6.89. The molecule has 0 saturated heterocycles. The van der Waals surface area contributed by atoms with E-state index in [1.807, 2.05) is 0 Å². The summed E-state index contributed by atoms with van der Waals surface area (Å²) >= 11 is 0. The third kappa shape index (κ3) is 4.01. The predicted molar refractivity (Wildman–Crippen MR) is 130 cm³/mol. The van der Waals surface area contributed by atoms with E-state index >= 15 is 0 Å². The van der Waals surface area contributed by atoms with Gasteiger partial charge in [-0.1, -0.05) is 44.2 Å². The highest BCUT2D eigenvalue weighted by atomic mass is 15.3. The Bertz CT molecular complexity index is 758. The van der Waals surface area contributed by atoms with E-state index in [2.05, 4.69) is 68.9 Å². The predicted octanol–water partition coefficient (Wildman–Crippen LogP) is 6.14. The summed E-state index contributed by atoms with van der Waals surface area (Å²) < 4.78 is 0. The molecule has 0 aliphatic heterocycles. The van der Waals surface area contributed by atoms with Gasteiger partial charge >= 0.3 is 0 Å². The van der Waals surface area contributed by atoms with Crippen molar-refractivity contribution in [1.82, 2.24) is 5.43 Å². The molecule has 4 aliphatic rings. The highest BCUT2D eigenvalue weighted by molar-refractivity contribution is 6.05. The zero-order valence-electron chi connectivity index (χ0n) is 19.1.